The third-order valence-electron chi connectivity index (χ3n) is 2.66. The lowest BCUT2D eigenvalue weighted by molar-refractivity contribution is 0.589. The molecule has 2 rings (SSSR count). The average Bonchev–Trinajstić information content (AvgIpc) is 2.63. The Morgan fingerprint density at radius 2 is 2.05 bits per heavy atom. The molecule has 1 aromatic heterocycles. The van der Waals surface area contributed by atoms with Crippen molar-refractivity contribution in [1.82, 2.24) is 9.55 Å². The van der Waals surface area contributed by atoms with Gasteiger partial charge in [-0.15, -0.1) is 11.6 Å². The Bertz CT molecular complexity index is 728. The predicted octanol–water partition coefficient (Wildman–Crippen LogP) is 2.10. The van der Waals surface area contributed by atoms with Crippen LogP contribution in [0.15, 0.2) is 12.1 Å². The predicted molar refractivity (Wildman–Crippen MR) is 68.9 cm³/mol. The molecule has 8 heteroatoms. The summed E-state index contributed by atoms with van der Waals surface area (Å²) in [5, 5.41) is 0. The van der Waals surface area contributed by atoms with Crippen LogP contribution < -0.4 is 0 Å². The average molecular weight is 309 g/mol. The molecule has 0 atom stereocenters. The van der Waals surface area contributed by atoms with Gasteiger partial charge in [-0.25, -0.2) is 22.2 Å². The van der Waals surface area contributed by atoms with Crippen molar-refractivity contribution in [3.8, 4) is 0 Å². The quantitative estimate of drug-likeness (QED) is 0.813. The monoisotopic (exact) mass is 308 g/mol. The molecule has 0 aliphatic heterocycles. The van der Waals surface area contributed by atoms with E-state index >= 15 is 0 Å². The van der Waals surface area contributed by atoms with Gasteiger partial charge in [0.05, 0.1) is 17.1 Å². The van der Waals surface area contributed by atoms with E-state index in [1.54, 1.807) is 0 Å². The van der Waals surface area contributed by atoms with Crippen LogP contribution in [0.4, 0.5) is 8.78 Å². The Kier molecular flexibility index (Phi) is 3.78. The van der Waals surface area contributed by atoms with Gasteiger partial charge in [-0.2, -0.15) is 0 Å². The zero-order valence-corrected chi connectivity index (χ0v) is 11.6. The third kappa shape index (κ3) is 3.03. The first-order valence-corrected chi connectivity index (χ1v) is 7.99. The van der Waals surface area contributed by atoms with E-state index in [-0.39, 0.29) is 29.2 Å². The lowest BCUT2D eigenvalue weighted by Gasteiger charge is -2.06. The molecule has 0 N–H and O–H groups in total. The number of aryl methyl sites for hydroxylation is 1. The van der Waals surface area contributed by atoms with Gasteiger partial charge in [0.15, 0.2) is 5.82 Å². The van der Waals surface area contributed by atoms with E-state index in [4.69, 9.17) is 11.6 Å². The van der Waals surface area contributed by atoms with Crippen LogP contribution in [-0.2, 0) is 22.3 Å². The number of hydrogen-bond donors (Lipinski definition) is 0. The van der Waals surface area contributed by atoms with Crippen molar-refractivity contribution in [1.29, 1.82) is 0 Å². The normalized spacial score (nSPS) is 12.2. The fourth-order valence-corrected chi connectivity index (χ4v) is 2.52. The zero-order valence-electron chi connectivity index (χ0n) is 10.0. The van der Waals surface area contributed by atoms with Crippen LogP contribution in [0.1, 0.15) is 5.82 Å². The van der Waals surface area contributed by atoms with Crippen LogP contribution in [0.5, 0.6) is 0 Å². The molecule has 0 spiro atoms. The minimum absolute atomic E-state index is 0.00875. The van der Waals surface area contributed by atoms with E-state index in [1.165, 1.54) is 4.57 Å². The summed E-state index contributed by atoms with van der Waals surface area (Å²) in [4.78, 5) is 3.97. The van der Waals surface area contributed by atoms with Gasteiger partial charge in [0.25, 0.3) is 0 Å². The maximum atomic E-state index is 13.6. The second-order valence-corrected chi connectivity index (χ2v) is 6.73. The molecule has 19 heavy (non-hydrogen) atoms. The molecule has 104 valence electrons. The summed E-state index contributed by atoms with van der Waals surface area (Å²) in [5.74, 6) is -1.39. The van der Waals surface area contributed by atoms with E-state index in [0.29, 0.717) is 5.82 Å². The molecule has 0 fully saturated rings. The van der Waals surface area contributed by atoms with Crippen molar-refractivity contribution in [2.24, 2.45) is 0 Å². The number of alkyl halides is 1. The van der Waals surface area contributed by atoms with Crippen LogP contribution >= 0.6 is 11.6 Å². The fourth-order valence-electron chi connectivity index (χ4n) is 1.81. The zero-order chi connectivity index (χ0) is 14.2. The highest BCUT2D eigenvalue weighted by Gasteiger charge is 2.16. The number of rotatable bonds is 4. The lowest BCUT2D eigenvalue weighted by Crippen LogP contribution is -2.13. The number of fused-ring (bicyclic) bond motifs is 1. The molecule has 0 saturated carbocycles. The number of sulfone groups is 1. The number of imidazole rings is 1. The minimum Gasteiger partial charge on any atom is -0.326 e. The molecular weight excluding hydrogens is 298 g/mol. The van der Waals surface area contributed by atoms with Gasteiger partial charge in [-0.05, 0) is 6.07 Å². The van der Waals surface area contributed by atoms with Crippen molar-refractivity contribution in [2.75, 3.05) is 12.0 Å². The first kappa shape index (κ1) is 14.2. The number of aromatic nitrogens is 2. The van der Waals surface area contributed by atoms with Crippen LogP contribution in [-0.4, -0.2) is 30.0 Å². The summed E-state index contributed by atoms with van der Waals surface area (Å²) >= 11 is 5.70. The second-order valence-electron chi connectivity index (χ2n) is 4.20. The SMILES string of the molecule is CS(=O)(=O)CCn1c(CCl)nc2c(F)cc(F)cc21. The lowest BCUT2D eigenvalue weighted by atomic mass is 10.3. The van der Waals surface area contributed by atoms with Crippen molar-refractivity contribution >= 4 is 32.5 Å². The standard InChI is InChI=1S/C11H11ClF2N2O2S/c1-19(17,18)3-2-16-9-5-7(13)4-8(14)11(9)15-10(16)6-12/h4-5H,2-3,6H2,1H3. The van der Waals surface area contributed by atoms with Gasteiger partial charge < -0.3 is 4.57 Å². The highest BCUT2D eigenvalue weighted by molar-refractivity contribution is 7.90. The number of benzene rings is 1. The first-order chi connectivity index (χ1) is 8.81. The van der Waals surface area contributed by atoms with Gasteiger partial charge in [0.2, 0.25) is 0 Å². The Labute approximate surface area is 113 Å². The molecule has 1 heterocycles. The Balaban J connectivity index is 2.57. The van der Waals surface area contributed by atoms with E-state index < -0.39 is 21.5 Å². The van der Waals surface area contributed by atoms with Gasteiger partial charge in [-0.3, -0.25) is 0 Å². The molecule has 0 unspecified atom stereocenters. The Hall–Kier alpha value is -1.21. The summed E-state index contributed by atoms with van der Waals surface area (Å²) in [6.45, 7) is 0.0558. The molecular formula is C11H11ClF2N2O2S. The van der Waals surface area contributed by atoms with Crippen molar-refractivity contribution in [3.05, 3.63) is 29.6 Å². The van der Waals surface area contributed by atoms with E-state index in [0.717, 1.165) is 18.4 Å². The fraction of sp³-hybridized carbons (Fsp3) is 0.364. The van der Waals surface area contributed by atoms with Gasteiger partial charge >= 0.3 is 0 Å². The molecule has 0 amide bonds. The van der Waals surface area contributed by atoms with E-state index in [1.807, 2.05) is 0 Å². The van der Waals surface area contributed by atoms with Crippen molar-refractivity contribution < 1.29 is 17.2 Å². The Morgan fingerprint density at radius 3 is 2.63 bits per heavy atom. The maximum absolute atomic E-state index is 13.6. The maximum Gasteiger partial charge on any atom is 0.153 e. The van der Waals surface area contributed by atoms with Gasteiger partial charge in [0, 0.05) is 18.9 Å². The molecule has 0 saturated heterocycles. The van der Waals surface area contributed by atoms with Crippen LogP contribution in [0, 0.1) is 11.6 Å². The summed E-state index contributed by atoms with van der Waals surface area (Å²) in [6, 6.07) is 1.85. The first-order valence-electron chi connectivity index (χ1n) is 5.39. The molecule has 4 nitrogen and oxygen atoms in total. The molecule has 1 aromatic carbocycles. The molecule has 2 aromatic rings. The molecule has 0 radical (unpaired) electrons. The van der Waals surface area contributed by atoms with Crippen LogP contribution in [0.25, 0.3) is 11.0 Å². The minimum atomic E-state index is -3.19. The Morgan fingerprint density at radius 1 is 1.37 bits per heavy atom. The van der Waals surface area contributed by atoms with Gasteiger partial charge in [0.1, 0.15) is 27.0 Å². The molecule has 0 aliphatic rings. The van der Waals surface area contributed by atoms with Crippen molar-refractivity contribution in [2.45, 2.75) is 12.4 Å². The molecule has 0 bridgehead atoms. The summed E-state index contributed by atoms with van der Waals surface area (Å²) in [5.41, 5.74) is 0.197. The third-order valence-corrected chi connectivity index (χ3v) is 3.82. The number of hydrogen-bond acceptors (Lipinski definition) is 3. The van der Waals surface area contributed by atoms with Crippen molar-refractivity contribution in [3.63, 3.8) is 0 Å². The van der Waals surface area contributed by atoms with E-state index in [2.05, 4.69) is 4.98 Å². The van der Waals surface area contributed by atoms with Crippen LogP contribution in [0.2, 0.25) is 0 Å². The number of nitrogens with zero attached hydrogens (tertiary/aromatic N) is 2. The largest absolute Gasteiger partial charge is 0.326 e. The highest BCUT2D eigenvalue weighted by Crippen LogP contribution is 2.22. The highest BCUT2D eigenvalue weighted by atomic mass is 35.5. The smallest absolute Gasteiger partial charge is 0.153 e. The molecule has 0 aliphatic carbocycles. The van der Waals surface area contributed by atoms with Crippen LogP contribution in [0.3, 0.4) is 0 Å². The summed E-state index contributed by atoms with van der Waals surface area (Å²) in [6.07, 6.45) is 1.09. The van der Waals surface area contributed by atoms with E-state index in [9.17, 15) is 17.2 Å². The second kappa shape index (κ2) is 5.05. The van der Waals surface area contributed by atoms with Gasteiger partial charge in [-0.1, -0.05) is 0 Å². The summed E-state index contributed by atoms with van der Waals surface area (Å²) < 4.78 is 50.6. The summed E-state index contributed by atoms with van der Waals surface area (Å²) in [7, 11) is -3.19. The number of halogens is 3. The topological polar surface area (TPSA) is 52.0 Å².